The van der Waals surface area contributed by atoms with Crippen LogP contribution < -0.4 is 5.32 Å². The van der Waals surface area contributed by atoms with Crippen molar-refractivity contribution in [1.29, 1.82) is 0 Å². The van der Waals surface area contributed by atoms with Gasteiger partial charge in [-0.2, -0.15) is 0 Å². The molecule has 0 aliphatic heterocycles. The highest BCUT2D eigenvalue weighted by atomic mass is 14.8. The number of rotatable bonds is 4. The van der Waals surface area contributed by atoms with E-state index in [9.17, 15) is 0 Å². The van der Waals surface area contributed by atoms with E-state index in [4.69, 9.17) is 0 Å². The Morgan fingerprint density at radius 3 is 1.78 bits per heavy atom. The Hall–Kier alpha value is -0.560. The fraction of sp³-hybridized carbons (Fsp3) is 0.500. The summed E-state index contributed by atoms with van der Waals surface area (Å²) >= 11 is 0. The summed E-state index contributed by atoms with van der Waals surface area (Å²) in [6.45, 7) is 5.71. The van der Waals surface area contributed by atoms with Crippen LogP contribution in [0.4, 0.5) is 0 Å². The van der Waals surface area contributed by atoms with Gasteiger partial charge in [0.1, 0.15) is 0 Å². The molecule has 51 valence electrons. The first-order valence-corrected chi connectivity index (χ1v) is 3.27. The Balaban J connectivity index is 2.91. The molecule has 0 aromatic rings. The second kappa shape index (κ2) is 7.44. The van der Waals surface area contributed by atoms with Crippen LogP contribution >= 0.6 is 0 Å². The largest absolute Gasteiger partial charge is 0.234 e. The number of hydrogen-bond acceptors (Lipinski definition) is 0. The van der Waals surface area contributed by atoms with Crippen LogP contribution in [0, 0.1) is 0 Å². The van der Waals surface area contributed by atoms with Gasteiger partial charge in [-0.3, -0.25) is 0 Å². The summed E-state index contributed by atoms with van der Waals surface area (Å²) < 4.78 is 0. The highest BCUT2D eigenvalue weighted by Crippen LogP contribution is 1.71. The maximum Gasteiger partial charge on any atom is 0.0317 e. The van der Waals surface area contributed by atoms with Crippen molar-refractivity contribution in [2.75, 3.05) is 13.1 Å². The first kappa shape index (κ1) is 8.44. The van der Waals surface area contributed by atoms with Crippen molar-refractivity contribution in [1.82, 2.24) is 5.32 Å². The lowest BCUT2D eigenvalue weighted by Gasteiger charge is -1.89. The second-order valence-corrected chi connectivity index (χ2v) is 1.73. The lowest BCUT2D eigenvalue weighted by atomic mass is 10.5. The van der Waals surface area contributed by atoms with Crippen molar-refractivity contribution in [2.24, 2.45) is 0 Å². The van der Waals surface area contributed by atoms with E-state index in [0.29, 0.717) is 0 Å². The van der Waals surface area contributed by atoms with Crippen LogP contribution in [-0.4, -0.2) is 13.1 Å². The van der Waals surface area contributed by atoms with Crippen LogP contribution in [0.3, 0.4) is 0 Å². The Kier molecular flexibility index (Phi) is 6.98. The molecular weight excluding hydrogens is 110 g/mol. The summed E-state index contributed by atoms with van der Waals surface area (Å²) in [6.07, 6.45) is 8.12. The molecule has 0 amide bonds. The number of allylic oxidation sites excluding steroid dienone is 2. The van der Waals surface area contributed by atoms with Gasteiger partial charge >= 0.3 is 0 Å². The molecule has 1 nitrogen and oxygen atoms in total. The minimum absolute atomic E-state index is 0.848. The Labute approximate surface area is 57.5 Å². The molecule has 0 aromatic heterocycles. The van der Waals surface area contributed by atoms with E-state index in [-0.39, 0.29) is 0 Å². The van der Waals surface area contributed by atoms with Gasteiger partial charge in [-0.15, -0.1) is 0 Å². The molecule has 0 fully saturated rings. The van der Waals surface area contributed by atoms with Gasteiger partial charge in [0, 0.05) is 13.1 Å². The molecule has 0 aliphatic carbocycles. The van der Waals surface area contributed by atoms with Gasteiger partial charge in [-0.05, 0) is 13.8 Å². The summed E-state index contributed by atoms with van der Waals surface area (Å²) in [6, 6.07) is 0. The molecule has 9 heavy (non-hydrogen) atoms. The number of hydrogen-bond donors (Lipinski definition) is 0. The average molecular weight is 124 g/mol. The zero-order chi connectivity index (χ0) is 6.95. The monoisotopic (exact) mass is 124 g/mol. The first-order chi connectivity index (χ1) is 4.41. The van der Waals surface area contributed by atoms with Crippen LogP contribution in [0.25, 0.3) is 0 Å². The Morgan fingerprint density at radius 1 is 1.00 bits per heavy atom. The zero-order valence-electron chi connectivity index (χ0n) is 6.17. The molecule has 0 heterocycles. The van der Waals surface area contributed by atoms with Crippen molar-refractivity contribution >= 4 is 0 Å². The van der Waals surface area contributed by atoms with E-state index in [1.54, 1.807) is 0 Å². The molecule has 0 saturated carbocycles. The minimum Gasteiger partial charge on any atom is -0.234 e. The zero-order valence-corrected chi connectivity index (χ0v) is 6.17. The summed E-state index contributed by atoms with van der Waals surface area (Å²) in [5.74, 6) is 0. The SMILES string of the molecule is CC=CC[N]CC=CC. The topological polar surface area (TPSA) is 14.1 Å². The standard InChI is InChI=1S/C8H14N/c1-3-5-7-9-8-6-4-2/h3-6H,7-8H2,1-2H3. The summed E-state index contributed by atoms with van der Waals surface area (Å²) in [5, 5.41) is 4.18. The van der Waals surface area contributed by atoms with Crippen LogP contribution in [-0.2, 0) is 0 Å². The molecule has 0 aromatic carbocycles. The van der Waals surface area contributed by atoms with Crippen LogP contribution in [0.15, 0.2) is 24.3 Å². The lowest BCUT2D eigenvalue weighted by molar-refractivity contribution is 0.822. The molecule has 0 bridgehead atoms. The van der Waals surface area contributed by atoms with Gasteiger partial charge in [-0.1, -0.05) is 24.3 Å². The smallest absolute Gasteiger partial charge is 0.0317 e. The average Bonchev–Trinajstić information content (AvgIpc) is 1.89. The quantitative estimate of drug-likeness (QED) is 0.400. The third kappa shape index (κ3) is 7.44. The van der Waals surface area contributed by atoms with E-state index in [1.807, 2.05) is 38.2 Å². The minimum atomic E-state index is 0.848. The Morgan fingerprint density at radius 2 is 1.44 bits per heavy atom. The molecule has 0 aliphatic rings. The summed E-state index contributed by atoms with van der Waals surface area (Å²) in [4.78, 5) is 0. The summed E-state index contributed by atoms with van der Waals surface area (Å²) in [7, 11) is 0. The van der Waals surface area contributed by atoms with Crippen molar-refractivity contribution in [3.05, 3.63) is 24.3 Å². The van der Waals surface area contributed by atoms with Crippen molar-refractivity contribution < 1.29 is 0 Å². The molecule has 0 N–H and O–H groups in total. The van der Waals surface area contributed by atoms with E-state index in [0.717, 1.165) is 13.1 Å². The van der Waals surface area contributed by atoms with Gasteiger partial charge in [0.25, 0.3) is 0 Å². The molecule has 0 spiro atoms. The molecule has 0 atom stereocenters. The highest BCUT2D eigenvalue weighted by molar-refractivity contribution is 4.83. The van der Waals surface area contributed by atoms with Gasteiger partial charge in [0.05, 0.1) is 0 Å². The van der Waals surface area contributed by atoms with Gasteiger partial charge in [0.15, 0.2) is 0 Å². The maximum atomic E-state index is 4.18. The van der Waals surface area contributed by atoms with Gasteiger partial charge in [0.2, 0.25) is 0 Å². The van der Waals surface area contributed by atoms with Gasteiger partial charge < -0.3 is 0 Å². The number of nitrogens with zero attached hydrogens (tertiary/aromatic N) is 1. The van der Waals surface area contributed by atoms with E-state index in [2.05, 4.69) is 5.32 Å². The van der Waals surface area contributed by atoms with Crippen LogP contribution in [0.1, 0.15) is 13.8 Å². The van der Waals surface area contributed by atoms with E-state index < -0.39 is 0 Å². The predicted octanol–water partition coefficient (Wildman–Crippen LogP) is 1.74. The van der Waals surface area contributed by atoms with Crippen LogP contribution in [0.5, 0.6) is 0 Å². The predicted molar refractivity (Wildman–Crippen MR) is 41.5 cm³/mol. The molecule has 1 heteroatoms. The van der Waals surface area contributed by atoms with Crippen LogP contribution in [0.2, 0.25) is 0 Å². The van der Waals surface area contributed by atoms with Crippen molar-refractivity contribution in [3.8, 4) is 0 Å². The van der Waals surface area contributed by atoms with E-state index >= 15 is 0 Å². The van der Waals surface area contributed by atoms with Gasteiger partial charge in [-0.25, -0.2) is 5.32 Å². The molecule has 1 radical (unpaired) electrons. The molecule has 0 saturated heterocycles. The maximum absolute atomic E-state index is 4.18. The fourth-order valence-corrected chi connectivity index (χ4v) is 0.434. The van der Waals surface area contributed by atoms with E-state index in [1.165, 1.54) is 0 Å². The second-order valence-electron chi connectivity index (χ2n) is 1.73. The molecule has 0 rings (SSSR count). The highest BCUT2D eigenvalue weighted by Gasteiger charge is 1.75. The van der Waals surface area contributed by atoms with Crippen molar-refractivity contribution in [2.45, 2.75) is 13.8 Å². The fourth-order valence-electron chi connectivity index (χ4n) is 0.434. The third-order valence-corrected chi connectivity index (χ3v) is 0.940. The normalized spacial score (nSPS) is 11.8. The van der Waals surface area contributed by atoms with Crippen molar-refractivity contribution in [3.63, 3.8) is 0 Å². The Bertz CT molecular complexity index is 80.7. The summed E-state index contributed by atoms with van der Waals surface area (Å²) in [5.41, 5.74) is 0. The molecule has 0 unspecified atom stereocenters. The third-order valence-electron chi connectivity index (χ3n) is 0.940. The molecular formula is C8H14N. The lowest BCUT2D eigenvalue weighted by Crippen LogP contribution is -2.03. The first-order valence-electron chi connectivity index (χ1n) is 3.27.